The molecule has 0 fully saturated rings. The van der Waals surface area contributed by atoms with Crippen LogP contribution in [0.2, 0.25) is 5.02 Å². The van der Waals surface area contributed by atoms with Crippen LogP contribution in [-0.2, 0) is 6.54 Å². The molecule has 3 rings (SSSR count). The van der Waals surface area contributed by atoms with Gasteiger partial charge in [-0.15, -0.1) is 0 Å². The average Bonchev–Trinajstić information content (AvgIpc) is 3.04. The summed E-state index contributed by atoms with van der Waals surface area (Å²) in [6.45, 7) is 2.50. The Morgan fingerprint density at radius 3 is 2.68 bits per heavy atom. The van der Waals surface area contributed by atoms with Crippen molar-refractivity contribution in [1.29, 1.82) is 0 Å². The number of furan rings is 1. The van der Waals surface area contributed by atoms with Crippen LogP contribution < -0.4 is 5.32 Å². The van der Waals surface area contributed by atoms with Gasteiger partial charge in [-0.25, -0.2) is 4.79 Å². The lowest BCUT2D eigenvalue weighted by molar-refractivity contribution is 0.0697. The molecule has 0 atom stereocenters. The number of nitrogens with one attached hydrogen (secondary N) is 1. The van der Waals surface area contributed by atoms with Crippen LogP contribution in [0.3, 0.4) is 0 Å². The number of carbonyl (C=O) groups is 1. The zero-order valence-electron chi connectivity index (χ0n) is 13.3. The third kappa shape index (κ3) is 4.06. The van der Waals surface area contributed by atoms with Gasteiger partial charge in [0.15, 0.2) is 0 Å². The third-order valence-corrected chi connectivity index (χ3v) is 4.97. The van der Waals surface area contributed by atoms with Crippen molar-refractivity contribution in [2.24, 2.45) is 0 Å². The van der Waals surface area contributed by atoms with Crippen LogP contribution in [0, 0.1) is 6.92 Å². The minimum Gasteiger partial charge on any atom is -0.478 e. The van der Waals surface area contributed by atoms with Crippen molar-refractivity contribution >= 4 is 39.2 Å². The van der Waals surface area contributed by atoms with E-state index in [0.717, 1.165) is 32.8 Å². The maximum absolute atomic E-state index is 11.0. The van der Waals surface area contributed by atoms with Crippen molar-refractivity contribution in [3.05, 3.63) is 74.9 Å². The van der Waals surface area contributed by atoms with E-state index in [0.29, 0.717) is 6.54 Å². The number of hydrogen-bond donors (Lipinski definition) is 2. The lowest BCUT2D eigenvalue weighted by Gasteiger charge is -2.07. The Morgan fingerprint density at radius 2 is 2.00 bits per heavy atom. The van der Waals surface area contributed by atoms with Gasteiger partial charge in [0, 0.05) is 15.7 Å². The summed E-state index contributed by atoms with van der Waals surface area (Å²) in [6, 6.07) is 14.6. The molecule has 0 radical (unpaired) electrons. The number of aryl methyl sites for hydroxylation is 1. The number of rotatable bonds is 5. The van der Waals surface area contributed by atoms with E-state index >= 15 is 0 Å². The van der Waals surface area contributed by atoms with Gasteiger partial charge in [-0.3, -0.25) is 0 Å². The van der Waals surface area contributed by atoms with Crippen LogP contribution in [-0.4, -0.2) is 11.1 Å². The van der Waals surface area contributed by atoms with Crippen LogP contribution in [0.5, 0.6) is 0 Å². The Labute approximate surface area is 158 Å². The highest BCUT2D eigenvalue weighted by molar-refractivity contribution is 9.10. The molecular formula is C19H15BrClNO3. The Bertz CT molecular complexity index is 936. The van der Waals surface area contributed by atoms with Crippen molar-refractivity contribution in [3.63, 3.8) is 0 Å². The molecule has 6 heteroatoms. The number of carboxylic acid groups (broad SMARTS) is 1. The van der Waals surface area contributed by atoms with Gasteiger partial charge in [-0.1, -0.05) is 33.6 Å². The molecule has 0 bridgehead atoms. The molecule has 0 saturated carbocycles. The number of benzene rings is 2. The van der Waals surface area contributed by atoms with Crippen LogP contribution in [0.4, 0.5) is 5.69 Å². The minimum absolute atomic E-state index is 0.0816. The first-order valence-corrected chi connectivity index (χ1v) is 8.73. The molecule has 1 heterocycles. The summed E-state index contributed by atoms with van der Waals surface area (Å²) < 4.78 is 6.94. The summed E-state index contributed by atoms with van der Waals surface area (Å²) in [7, 11) is 0. The molecule has 3 aromatic rings. The maximum Gasteiger partial charge on any atom is 0.337 e. The standard InChI is InChI=1S/C19H15BrClNO3/c1-11-8-12(2-6-16(11)20)18-7-4-14(25-18)10-22-13-3-5-15(19(23)24)17(21)9-13/h2-9,22H,10H2,1H3,(H,23,24). The second-order valence-corrected chi connectivity index (χ2v) is 6.84. The van der Waals surface area contributed by atoms with Crippen LogP contribution in [0.1, 0.15) is 21.7 Å². The molecule has 0 unspecified atom stereocenters. The third-order valence-electron chi connectivity index (χ3n) is 3.77. The number of hydrogen-bond acceptors (Lipinski definition) is 3. The lowest BCUT2D eigenvalue weighted by atomic mass is 10.1. The van der Waals surface area contributed by atoms with Gasteiger partial charge in [0.25, 0.3) is 0 Å². The Balaban J connectivity index is 1.70. The van der Waals surface area contributed by atoms with Crippen molar-refractivity contribution in [2.45, 2.75) is 13.5 Å². The van der Waals surface area contributed by atoms with E-state index in [-0.39, 0.29) is 10.6 Å². The molecule has 0 amide bonds. The fourth-order valence-electron chi connectivity index (χ4n) is 2.41. The largest absolute Gasteiger partial charge is 0.478 e. The first-order valence-electron chi connectivity index (χ1n) is 7.56. The van der Waals surface area contributed by atoms with Crippen molar-refractivity contribution in [1.82, 2.24) is 0 Å². The van der Waals surface area contributed by atoms with E-state index in [1.807, 2.05) is 31.2 Å². The monoisotopic (exact) mass is 419 g/mol. The summed E-state index contributed by atoms with van der Waals surface area (Å²) in [5, 5.41) is 12.4. The second-order valence-electron chi connectivity index (χ2n) is 5.58. The molecule has 1 aromatic heterocycles. The van der Waals surface area contributed by atoms with E-state index in [1.54, 1.807) is 12.1 Å². The molecular weight excluding hydrogens is 406 g/mol. The Kier molecular flexibility index (Phi) is 5.16. The predicted octanol–water partition coefficient (Wildman–Crippen LogP) is 5.98. The smallest absolute Gasteiger partial charge is 0.337 e. The maximum atomic E-state index is 11.0. The molecule has 0 aliphatic heterocycles. The lowest BCUT2D eigenvalue weighted by Crippen LogP contribution is -2.01. The molecule has 0 aliphatic rings. The summed E-state index contributed by atoms with van der Waals surface area (Å²) in [6.07, 6.45) is 0. The molecule has 0 aliphatic carbocycles. The quantitative estimate of drug-likeness (QED) is 0.533. The Hall–Kier alpha value is -2.24. The SMILES string of the molecule is Cc1cc(-c2ccc(CNc3ccc(C(=O)O)c(Cl)c3)o2)ccc1Br. The van der Waals surface area contributed by atoms with Gasteiger partial charge in [0.05, 0.1) is 17.1 Å². The predicted molar refractivity (Wildman–Crippen MR) is 102 cm³/mol. The zero-order valence-corrected chi connectivity index (χ0v) is 15.7. The number of anilines is 1. The van der Waals surface area contributed by atoms with Gasteiger partial charge in [0.2, 0.25) is 0 Å². The highest BCUT2D eigenvalue weighted by Gasteiger charge is 2.10. The molecule has 0 saturated heterocycles. The van der Waals surface area contributed by atoms with Gasteiger partial charge in [-0.05, 0) is 55.0 Å². The average molecular weight is 421 g/mol. The zero-order chi connectivity index (χ0) is 18.0. The van der Waals surface area contributed by atoms with Gasteiger partial charge in [-0.2, -0.15) is 0 Å². The summed E-state index contributed by atoms with van der Waals surface area (Å²) in [5.41, 5.74) is 2.97. The molecule has 0 spiro atoms. The number of halogens is 2. The van der Waals surface area contributed by atoms with E-state index in [4.69, 9.17) is 21.1 Å². The first kappa shape index (κ1) is 17.6. The van der Waals surface area contributed by atoms with Gasteiger partial charge < -0.3 is 14.8 Å². The van der Waals surface area contributed by atoms with E-state index in [2.05, 4.69) is 27.3 Å². The van der Waals surface area contributed by atoms with Crippen molar-refractivity contribution in [3.8, 4) is 11.3 Å². The minimum atomic E-state index is -1.04. The summed E-state index contributed by atoms with van der Waals surface area (Å²) >= 11 is 9.46. The van der Waals surface area contributed by atoms with Gasteiger partial charge in [0.1, 0.15) is 11.5 Å². The fraction of sp³-hybridized carbons (Fsp3) is 0.105. The van der Waals surface area contributed by atoms with Gasteiger partial charge >= 0.3 is 5.97 Å². The van der Waals surface area contributed by atoms with E-state index in [1.165, 1.54) is 6.07 Å². The molecule has 128 valence electrons. The topological polar surface area (TPSA) is 62.5 Å². The molecule has 4 nitrogen and oxygen atoms in total. The van der Waals surface area contributed by atoms with Crippen LogP contribution in [0.15, 0.2) is 57.4 Å². The molecule has 2 N–H and O–H groups in total. The molecule has 25 heavy (non-hydrogen) atoms. The van der Waals surface area contributed by atoms with Crippen LogP contribution >= 0.6 is 27.5 Å². The summed E-state index contributed by atoms with van der Waals surface area (Å²) in [4.78, 5) is 11.0. The Morgan fingerprint density at radius 1 is 1.20 bits per heavy atom. The second kappa shape index (κ2) is 7.33. The van der Waals surface area contributed by atoms with Crippen molar-refractivity contribution < 1.29 is 14.3 Å². The van der Waals surface area contributed by atoms with E-state index < -0.39 is 5.97 Å². The number of carboxylic acids is 1. The van der Waals surface area contributed by atoms with E-state index in [9.17, 15) is 4.79 Å². The highest BCUT2D eigenvalue weighted by atomic mass is 79.9. The molecule has 2 aromatic carbocycles. The summed E-state index contributed by atoms with van der Waals surface area (Å²) in [5.74, 6) is 0.526. The highest BCUT2D eigenvalue weighted by Crippen LogP contribution is 2.27. The van der Waals surface area contributed by atoms with Crippen molar-refractivity contribution in [2.75, 3.05) is 5.32 Å². The number of aromatic carboxylic acids is 1. The normalized spacial score (nSPS) is 10.7. The first-order chi connectivity index (χ1) is 11.9. The van der Waals surface area contributed by atoms with Crippen LogP contribution in [0.25, 0.3) is 11.3 Å². The fourth-order valence-corrected chi connectivity index (χ4v) is 2.92.